The molecule has 0 heterocycles. The Morgan fingerprint density at radius 2 is 1.92 bits per heavy atom. The fourth-order valence-corrected chi connectivity index (χ4v) is 3.18. The molecule has 0 aliphatic heterocycles. The van der Waals surface area contributed by atoms with Gasteiger partial charge in [-0.1, -0.05) is 25.1 Å². The summed E-state index contributed by atoms with van der Waals surface area (Å²) in [5.74, 6) is 0.602. The van der Waals surface area contributed by atoms with E-state index in [0.717, 1.165) is 28.1 Å². The molecule has 0 atom stereocenters. The monoisotopic (exact) mass is 344 g/mol. The van der Waals surface area contributed by atoms with E-state index in [4.69, 9.17) is 0 Å². The van der Waals surface area contributed by atoms with Gasteiger partial charge < -0.3 is 5.32 Å². The average Bonchev–Trinajstić information content (AvgIpc) is 2.57. The van der Waals surface area contributed by atoms with Crippen molar-refractivity contribution in [1.29, 1.82) is 0 Å². The number of hydrogen-bond donors (Lipinski definition) is 1. The highest BCUT2D eigenvalue weighted by Crippen LogP contribution is 2.24. The second-order valence-electron chi connectivity index (χ2n) is 5.36. The van der Waals surface area contributed by atoms with E-state index in [9.17, 15) is 14.9 Å². The Balaban J connectivity index is 1.87. The number of anilines is 1. The van der Waals surface area contributed by atoms with Gasteiger partial charge in [-0.2, -0.15) is 0 Å². The lowest BCUT2D eigenvalue weighted by molar-refractivity contribution is -0.384. The molecular formula is C18H20N2O3S. The van der Waals surface area contributed by atoms with E-state index in [1.807, 2.05) is 25.1 Å². The van der Waals surface area contributed by atoms with Crippen LogP contribution in [0.1, 0.15) is 24.5 Å². The third-order valence-electron chi connectivity index (χ3n) is 3.65. The molecule has 0 spiro atoms. The first-order valence-electron chi connectivity index (χ1n) is 7.77. The molecule has 0 aromatic heterocycles. The number of nitrogens with zero attached hydrogens (tertiary/aromatic N) is 1. The minimum absolute atomic E-state index is 0.0200. The van der Waals surface area contributed by atoms with E-state index in [1.165, 1.54) is 23.9 Å². The number of benzene rings is 2. The third-order valence-corrected chi connectivity index (χ3v) is 4.66. The van der Waals surface area contributed by atoms with Crippen molar-refractivity contribution in [1.82, 2.24) is 0 Å². The van der Waals surface area contributed by atoms with Crippen LogP contribution < -0.4 is 5.32 Å². The lowest BCUT2D eigenvalue weighted by Crippen LogP contribution is -2.14. The Morgan fingerprint density at radius 1 is 1.21 bits per heavy atom. The van der Waals surface area contributed by atoms with Crippen molar-refractivity contribution in [2.45, 2.75) is 31.6 Å². The Hall–Kier alpha value is -2.34. The molecule has 24 heavy (non-hydrogen) atoms. The van der Waals surface area contributed by atoms with E-state index in [0.29, 0.717) is 12.2 Å². The normalized spacial score (nSPS) is 10.4. The molecule has 5 nitrogen and oxygen atoms in total. The van der Waals surface area contributed by atoms with Gasteiger partial charge in [0.15, 0.2) is 0 Å². The first-order valence-corrected chi connectivity index (χ1v) is 8.75. The van der Waals surface area contributed by atoms with Crippen LogP contribution in [0.2, 0.25) is 0 Å². The Kier molecular flexibility index (Phi) is 6.37. The van der Waals surface area contributed by atoms with E-state index in [1.54, 1.807) is 12.1 Å². The number of nitro benzene ring substituents is 1. The number of amides is 1. The minimum atomic E-state index is -0.421. The lowest BCUT2D eigenvalue weighted by Gasteiger charge is -2.12. The fraction of sp³-hybridized carbons (Fsp3) is 0.278. The molecule has 1 amide bonds. The van der Waals surface area contributed by atoms with Crippen LogP contribution >= 0.6 is 11.8 Å². The van der Waals surface area contributed by atoms with Crippen LogP contribution in [0.25, 0.3) is 0 Å². The van der Waals surface area contributed by atoms with Crippen LogP contribution in [0.5, 0.6) is 0 Å². The summed E-state index contributed by atoms with van der Waals surface area (Å²) in [5.41, 5.74) is 3.17. The Morgan fingerprint density at radius 3 is 2.54 bits per heavy atom. The summed E-state index contributed by atoms with van der Waals surface area (Å²) >= 11 is 1.51. The van der Waals surface area contributed by atoms with Crippen molar-refractivity contribution < 1.29 is 9.72 Å². The number of non-ortho nitro benzene ring substituents is 1. The Labute approximate surface area is 145 Å². The standard InChI is InChI=1S/C18H20N2O3S/c1-3-14-6-4-5-13(2)18(14)19-17(21)11-12-24-16-9-7-15(8-10-16)20(22)23/h4-10H,3,11-12H2,1-2H3,(H,19,21). The molecule has 0 aliphatic carbocycles. The third kappa shape index (κ3) is 4.83. The zero-order valence-corrected chi connectivity index (χ0v) is 14.6. The predicted octanol–water partition coefficient (Wildman–Crippen LogP) is 4.59. The zero-order valence-electron chi connectivity index (χ0n) is 13.7. The van der Waals surface area contributed by atoms with Crippen LogP contribution in [-0.4, -0.2) is 16.6 Å². The molecule has 0 radical (unpaired) electrons. The molecule has 2 rings (SSSR count). The maximum absolute atomic E-state index is 12.2. The van der Waals surface area contributed by atoms with Crippen LogP contribution in [-0.2, 0) is 11.2 Å². The van der Waals surface area contributed by atoms with Crippen LogP contribution in [0, 0.1) is 17.0 Å². The summed E-state index contributed by atoms with van der Waals surface area (Å²) in [5, 5.41) is 13.6. The number of nitrogens with one attached hydrogen (secondary N) is 1. The van der Waals surface area contributed by atoms with Gasteiger partial charge in [0, 0.05) is 34.9 Å². The van der Waals surface area contributed by atoms with Gasteiger partial charge in [0.25, 0.3) is 5.69 Å². The van der Waals surface area contributed by atoms with Crippen molar-refractivity contribution in [3.05, 3.63) is 63.7 Å². The number of carbonyl (C=O) groups is 1. The molecule has 0 unspecified atom stereocenters. The molecule has 6 heteroatoms. The van der Waals surface area contributed by atoms with Gasteiger partial charge in [-0.15, -0.1) is 11.8 Å². The maximum Gasteiger partial charge on any atom is 0.269 e. The fourth-order valence-electron chi connectivity index (χ4n) is 2.33. The van der Waals surface area contributed by atoms with E-state index in [2.05, 4.69) is 12.2 Å². The Bertz CT molecular complexity index is 730. The summed E-state index contributed by atoms with van der Waals surface area (Å²) in [6.45, 7) is 4.05. The van der Waals surface area contributed by atoms with Crippen LogP contribution in [0.15, 0.2) is 47.4 Å². The highest BCUT2D eigenvalue weighted by atomic mass is 32.2. The molecule has 1 N–H and O–H groups in total. The van der Waals surface area contributed by atoms with Crippen molar-refractivity contribution in [2.75, 3.05) is 11.1 Å². The van der Waals surface area contributed by atoms with Crippen molar-refractivity contribution >= 4 is 29.0 Å². The maximum atomic E-state index is 12.2. The lowest BCUT2D eigenvalue weighted by atomic mass is 10.1. The number of carbonyl (C=O) groups excluding carboxylic acids is 1. The smallest absolute Gasteiger partial charge is 0.269 e. The number of nitro groups is 1. The van der Waals surface area contributed by atoms with Crippen molar-refractivity contribution in [3.8, 4) is 0 Å². The van der Waals surface area contributed by atoms with Gasteiger partial charge in [0.1, 0.15) is 0 Å². The average molecular weight is 344 g/mol. The molecule has 2 aromatic rings. The summed E-state index contributed by atoms with van der Waals surface area (Å²) in [4.78, 5) is 23.3. The SMILES string of the molecule is CCc1cccc(C)c1NC(=O)CCSc1ccc([N+](=O)[O-])cc1. The molecule has 0 bridgehead atoms. The van der Waals surface area contributed by atoms with E-state index < -0.39 is 4.92 Å². The van der Waals surface area contributed by atoms with Crippen LogP contribution in [0.4, 0.5) is 11.4 Å². The van der Waals surface area contributed by atoms with Gasteiger partial charge in [-0.3, -0.25) is 14.9 Å². The topological polar surface area (TPSA) is 72.2 Å². The predicted molar refractivity (Wildman–Crippen MR) is 97.6 cm³/mol. The van der Waals surface area contributed by atoms with Gasteiger partial charge in [0.05, 0.1) is 4.92 Å². The van der Waals surface area contributed by atoms with Gasteiger partial charge in [-0.25, -0.2) is 0 Å². The highest BCUT2D eigenvalue weighted by Gasteiger charge is 2.09. The molecule has 126 valence electrons. The number of thioether (sulfide) groups is 1. The van der Waals surface area contributed by atoms with Gasteiger partial charge in [0.2, 0.25) is 5.91 Å². The quantitative estimate of drug-likeness (QED) is 0.453. The molecule has 0 saturated carbocycles. The number of para-hydroxylation sites is 1. The van der Waals surface area contributed by atoms with Crippen LogP contribution in [0.3, 0.4) is 0 Å². The van der Waals surface area contributed by atoms with Crippen molar-refractivity contribution in [3.63, 3.8) is 0 Å². The molecule has 0 saturated heterocycles. The summed E-state index contributed by atoms with van der Waals surface area (Å²) < 4.78 is 0. The summed E-state index contributed by atoms with van der Waals surface area (Å²) in [7, 11) is 0. The molecular weight excluding hydrogens is 324 g/mol. The minimum Gasteiger partial charge on any atom is -0.326 e. The van der Waals surface area contributed by atoms with E-state index >= 15 is 0 Å². The zero-order chi connectivity index (χ0) is 17.5. The molecule has 2 aromatic carbocycles. The van der Waals surface area contributed by atoms with Crippen molar-refractivity contribution in [2.24, 2.45) is 0 Å². The van der Waals surface area contributed by atoms with Gasteiger partial charge >= 0.3 is 0 Å². The first-order chi connectivity index (χ1) is 11.5. The summed E-state index contributed by atoms with van der Waals surface area (Å²) in [6.07, 6.45) is 1.26. The van der Waals surface area contributed by atoms with Gasteiger partial charge in [-0.05, 0) is 36.6 Å². The second-order valence-corrected chi connectivity index (χ2v) is 6.53. The van der Waals surface area contributed by atoms with E-state index in [-0.39, 0.29) is 11.6 Å². The highest BCUT2D eigenvalue weighted by molar-refractivity contribution is 7.99. The largest absolute Gasteiger partial charge is 0.326 e. The molecule has 0 fully saturated rings. The number of rotatable bonds is 7. The number of aryl methyl sites for hydroxylation is 2. The first kappa shape index (κ1) is 18.0. The molecule has 0 aliphatic rings. The number of hydrogen-bond acceptors (Lipinski definition) is 4. The summed E-state index contributed by atoms with van der Waals surface area (Å²) in [6, 6.07) is 12.4. The second kappa shape index (κ2) is 8.49.